The number of likely N-dealkylation sites (tertiary alicyclic amines) is 2. The molecule has 0 bridgehead atoms. The van der Waals surface area contributed by atoms with Gasteiger partial charge in [0.2, 0.25) is 11.8 Å². The molecule has 17 heteroatoms. The number of alkyl carbamates (subject to hydrolysis) is 1. The zero-order valence-electron chi connectivity index (χ0n) is 32.3. The molecule has 2 fully saturated rings. The van der Waals surface area contributed by atoms with Crippen molar-refractivity contribution in [2.24, 2.45) is 17.8 Å². The summed E-state index contributed by atoms with van der Waals surface area (Å²) in [5.41, 5.74) is 4.51. The van der Waals surface area contributed by atoms with Gasteiger partial charge in [0.15, 0.2) is 0 Å². The fraction of sp³-hybridized carbons (Fsp3) is 0.462. The highest BCUT2D eigenvalue weighted by Crippen LogP contribution is 2.42. The third-order valence-corrected chi connectivity index (χ3v) is 10.1. The normalized spacial score (nSPS) is 18.1. The highest BCUT2D eigenvalue weighted by Gasteiger charge is 2.49. The molecule has 306 valence electrons. The molecule has 2 aliphatic rings. The number of alkyl halides is 2. The van der Waals surface area contributed by atoms with Gasteiger partial charge in [-0.15, -0.1) is 0 Å². The number of rotatable bonds is 8. The van der Waals surface area contributed by atoms with Crippen molar-refractivity contribution in [3.05, 3.63) is 71.4 Å². The minimum Gasteiger partial charge on any atom is -0.453 e. The second kappa shape index (κ2) is 20.0. The Kier molecular flexibility index (Phi) is 17.3. The first-order valence-corrected chi connectivity index (χ1v) is 17.7. The number of aromatic amines is 2. The van der Waals surface area contributed by atoms with Crippen molar-refractivity contribution < 1.29 is 27.9 Å². The highest BCUT2D eigenvalue weighted by molar-refractivity contribution is 7.59. The van der Waals surface area contributed by atoms with Crippen molar-refractivity contribution in [2.45, 2.75) is 77.9 Å². The lowest BCUT2D eigenvalue weighted by molar-refractivity contribution is -0.138. The van der Waals surface area contributed by atoms with E-state index in [1.165, 1.54) is 12.0 Å². The lowest BCUT2D eigenvalue weighted by Gasteiger charge is -2.30. The number of aromatic nitrogens is 4. The summed E-state index contributed by atoms with van der Waals surface area (Å²) in [5.74, 6) is 3.49. The van der Waals surface area contributed by atoms with Gasteiger partial charge in [0.05, 0.1) is 48.7 Å². The summed E-state index contributed by atoms with van der Waals surface area (Å²) in [7, 11) is 1.27. The third-order valence-electron chi connectivity index (χ3n) is 10.1. The van der Waals surface area contributed by atoms with E-state index in [9.17, 15) is 23.2 Å². The molecular formula is C39H53F2N7O4S4. The van der Waals surface area contributed by atoms with Crippen molar-refractivity contribution in [1.29, 1.82) is 0 Å². The van der Waals surface area contributed by atoms with Gasteiger partial charge < -0.3 is 29.8 Å². The largest absolute Gasteiger partial charge is 0.453 e. The van der Waals surface area contributed by atoms with E-state index < -0.39 is 37.1 Å². The number of carbonyl (C=O) groups is 3. The predicted octanol–water partition coefficient (Wildman–Crippen LogP) is 7.05. The third kappa shape index (κ3) is 10.6. The average molecular weight is 850 g/mol. The molecule has 0 unspecified atom stereocenters. The number of hydrogen-bond donors (Lipinski definition) is 3. The van der Waals surface area contributed by atoms with Crippen LogP contribution in [0.5, 0.6) is 0 Å². The van der Waals surface area contributed by atoms with Crippen LogP contribution < -0.4 is 5.32 Å². The number of H-pyrrole nitrogens is 2. The van der Waals surface area contributed by atoms with Crippen LogP contribution in [0.15, 0.2) is 48.7 Å². The number of methoxy groups -OCH3 is 1. The number of carbonyl (C=O) groups excluding carboxylic acids is 3. The quantitative estimate of drug-likeness (QED) is 0.163. The summed E-state index contributed by atoms with van der Waals surface area (Å²) in [6.07, 6.45) is 2.23. The summed E-state index contributed by atoms with van der Waals surface area (Å²) in [6, 6.07) is 11.4. The van der Waals surface area contributed by atoms with Crippen LogP contribution in [0.4, 0.5) is 13.6 Å². The van der Waals surface area contributed by atoms with E-state index in [-0.39, 0.29) is 89.6 Å². The van der Waals surface area contributed by atoms with Crippen LogP contribution in [0.25, 0.3) is 22.3 Å². The average Bonchev–Trinajstić information content (AvgIpc) is 3.93. The smallest absolute Gasteiger partial charge is 0.407 e. The van der Waals surface area contributed by atoms with Gasteiger partial charge in [-0.1, -0.05) is 58.6 Å². The second-order valence-electron chi connectivity index (χ2n) is 14.5. The Morgan fingerprint density at radius 2 is 1.54 bits per heavy atom. The monoisotopic (exact) mass is 849 g/mol. The van der Waals surface area contributed by atoms with E-state index in [0.29, 0.717) is 29.2 Å². The summed E-state index contributed by atoms with van der Waals surface area (Å²) in [6.45, 7) is 9.32. The van der Waals surface area contributed by atoms with Crippen molar-refractivity contribution in [3.63, 3.8) is 0 Å². The number of amides is 3. The van der Waals surface area contributed by atoms with E-state index in [4.69, 9.17) is 4.74 Å². The van der Waals surface area contributed by atoms with Gasteiger partial charge in [-0.3, -0.25) is 9.59 Å². The van der Waals surface area contributed by atoms with E-state index in [0.717, 1.165) is 35.2 Å². The summed E-state index contributed by atoms with van der Waals surface area (Å²) >= 11 is 0. The molecule has 56 heavy (non-hydrogen) atoms. The van der Waals surface area contributed by atoms with Crippen molar-refractivity contribution in [1.82, 2.24) is 35.1 Å². The molecule has 4 heterocycles. The topological polar surface area (TPSA) is 136 Å². The SMILES string of the molecule is COC(=O)N[C@H](C(=O)N1CCC[C@H]1c1ncc(-c2ccc(C#Cc3ccc4nc([C@@H]5CC(F)(F)CN5C(=O)[C@@H](C)C(C)C)[nH]c4c3)cc2)[nH]1)C(C)C.S.S.S.S. The molecule has 0 saturated carbocycles. The summed E-state index contributed by atoms with van der Waals surface area (Å²) in [4.78, 5) is 57.3. The molecule has 6 rings (SSSR count). The van der Waals surface area contributed by atoms with Crippen LogP contribution in [0.1, 0.15) is 88.7 Å². The van der Waals surface area contributed by atoms with Crippen LogP contribution in [-0.4, -0.2) is 79.8 Å². The minimum absolute atomic E-state index is 0. The number of fused-ring (bicyclic) bond motifs is 1. The maximum absolute atomic E-state index is 14.6. The Labute approximate surface area is 354 Å². The molecule has 2 aromatic carbocycles. The molecule has 3 N–H and O–H groups in total. The number of nitrogens with zero attached hydrogens (tertiary/aromatic N) is 4. The zero-order valence-corrected chi connectivity index (χ0v) is 36.3. The van der Waals surface area contributed by atoms with E-state index in [1.54, 1.807) is 24.1 Å². The molecule has 0 spiro atoms. The van der Waals surface area contributed by atoms with Gasteiger partial charge in [-0.2, -0.15) is 54.0 Å². The first-order chi connectivity index (χ1) is 24.7. The van der Waals surface area contributed by atoms with E-state index >= 15 is 0 Å². The number of imidazole rings is 2. The van der Waals surface area contributed by atoms with Crippen molar-refractivity contribution >= 4 is 82.9 Å². The van der Waals surface area contributed by atoms with Crippen molar-refractivity contribution in [2.75, 3.05) is 20.2 Å². The molecular weight excluding hydrogens is 797 g/mol. The van der Waals surface area contributed by atoms with Gasteiger partial charge >= 0.3 is 6.09 Å². The number of halogens is 2. The van der Waals surface area contributed by atoms with E-state index in [2.05, 4.69) is 37.1 Å². The molecule has 0 aliphatic carbocycles. The van der Waals surface area contributed by atoms with Gasteiger partial charge in [-0.05, 0) is 60.6 Å². The summed E-state index contributed by atoms with van der Waals surface area (Å²) in [5, 5.41) is 2.67. The zero-order chi connectivity index (χ0) is 37.3. The molecule has 3 amide bonds. The van der Waals surface area contributed by atoms with Gasteiger partial charge in [0.25, 0.3) is 5.92 Å². The van der Waals surface area contributed by atoms with Crippen LogP contribution in [0, 0.1) is 29.6 Å². The van der Waals surface area contributed by atoms with Crippen LogP contribution in [0.3, 0.4) is 0 Å². The Hall–Kier alpha value is -3.85. The van der Waals surface area contributed by atoms with Crippen LogP contribution in [0.2, 0.25) is 0 Å². The van der Waals surface area contributed by atoms with Crippen LogP contribution in [-0.2, 0) is 14.3 Å². The predicted molar refractivity (Wildman–Crippen MR) is 233 cm³/mol. The Balaban J connectivity index is 0.00000271. The maximum atomic E-state index is 14.6. The van der Waals surface area contributed by atoms with E-state index in [1.807, 2.05) is 64.1 Å². The first kappa shape index (κ1) is 48.3. The fourth-order valence-electron chi connectivity index (χ4n) is 6.83. The number of hydrogen-bond acceptors (Lipinski definition) is 6. The lowest BCUT2D eigenvalue weighted by atomic mass is 9.96. The van der Waals surface area contributed by atoms with Gasteiger partial charge in [0, 0.05) is 30.0 Å². The molecule has 11 nitrogen and oxygen atoms in total. The standard InChI is InChI=1S/C39H45F2N7O4.4H2S/c1-22(2)24(5)36(49)48-21-39(40,41)19-32(48)35-43-28-16-13-26(18-29(28)44-35)10-9-25-11-14-27(15-12-25)30-20-42-34(45-30)31-8-7-17-47(31)37(50)33(23(3)4)46-38(51)52-6;;;;/h11-16,18,20,22-24,31-33H,7-8,17,19,21H2,1-6H3,(H,42,45)(H,43,44)(H,46,51);4*1H2/t24-,31-,32-,33-;;;;/m0..../s1. The molecule has 4 aromatic rings. The summed E-state index contributed by atoms with van der Waals surface area (Å²) < 4.78 is 33.9. The van der Waals surface area contributed by atoms with Gasteiger partial charge in [0.1, 0.15) is 17.7 Å². The molecule has 2 saturated heterocycles. The second-order valence-corrected chi connectivity index (χ2v) is 14.5. The Bertz CT molecular complexity index is 2030. The minimum atomic E-state index is -2.98. The Morgan fingerprint density at radius 1 is 0.875 bits per heavy atom. The van der Waals surface area contributed by atoms with Gasteiger partial charge in [-0.25, -0.2) is 23.5 Å². The van der Waals surface area contributed by atoms with Crippen LogP contribution >= 0.6 is 54.0 Å². The van der Waals surface area contributed by atoms with Crippen molar-refractivity contribution in [3.8, 4) is 23.1 Å². The maximum Gasteiger partial charge on any atom is 0.407 e. The number of nitrogens with one attached hydrogen (secondary N) is 3. The number of benzene rings is 2. The molecule has 0 radical (unpaired) electrons. The molecule has 2 aliphatic heterocycles. The highest BCUT2D eigenvalue weighted by atomic mass is 32.1. The molecule has 2 aromatic heterocycles. The fourth-order valence-corrected chi connectivity index (χ4v) is 6.83. The number of ether oxygens (including phenoxy) is 1. The molecule has 4 atom stereocenters. The Morgan fingerprint density at radius 3 is 2.18 bits per heavy atom. The lowest BCUT2D eigenvalue weighted by Crippen LogP contribution is -2.51. The first-order valence-electron chi connectivity index (χ1n) is 17.7.